The molecule has 1 aromatic carbocycles. The summed E-state index contributed by atoms with van der Waals surface area (Å²) < 4.78 is 2.86. The molecule has 1 N–H and O–H groups in total. The van der Waals surface area contributed by atoms with Gasteiger partial charge in [0.1, 0.15) is 4.60 Å². The monoisotopic (exact) mass is 320 g/mol. The standard InChI is InChI=1S/C14H17BrN4/c15-14-5-6-17-19(14)13-3-1-12(2-4-13)11-18-9-7-16-8-10-18/h1-6,16H,7-11H2. The van der Waals surface area contributed by atoms with E-state index in [0.29, 0.717) is 0 Å². The van der Waals surface area contributed by atoms with Crippen LogP contribution >= 0.6 is 15.9 Å². The Labute approximate surface area is 121 Å². The molecule has 100 valence electrons. The molecule has 1 aliphatic heterocycles. The van der Waals surface area contributed by atoms with Crippen LogP contribution in [-0.2, 0) is 6.54 Å². The van der Waals surface area contributed by atoms with Crippen LogP contribution < -0.4 is 5.32 Å². The minimum atomic E-state index is 0.974. The maximum Gasteiger partial charge on any atom is 0.109 e. The molecule has 3 rings (SSSR count). The van der Waals surface area contributed by atoms with Crippen LogP contribution in [0.5, 0.6) is 0 Å². The van der Waals surface area contributed by atoms with Crippen molar-refractivity contribution in [2.24, 2.45) is 0 Å². The highest BCUT2D eigenvalue weighted by atomic mass is 79.9. The first-order valence-electron chi connectivity index (χ1n) is 6.55. The van der Waals surface area contributed by atoms with Gasteiger partial charge in [0.05, 0.1) is 11.9 Å². The molecule has 2 aromatic rings. The van der Waals surface area contributed by atoms with E-state index in [9.17, 15) is 0 Å². The van der Waals surface area contributed by atoms with Gasteiger partial charge in [-0.25, -0.2) is 4.68 Å². The summed E-state index contributed by atoms with van der Waals surface area (Å²) in [5, 5.41) is 7.66. The van der Waals surface area contributed by atoms with Crippen molar-refractivity contribution >= 4 is 15.9 Å². The minimum Gasteiger partial charge on any atom is -0.314 e. The van der Waals surface area contributed by atoms with Gasteiger partial charge >= 0.3 is 0 Å². The fourth-order valence-corrected chi connectivity index (χ4v) is 2.76. The molecule has 0 atom stereocenters. The van der Waals surface area contributed by atoms with E-state index in [2.05, 4.69) is 55.5 Å². The second-order valence-electron chi connectivity index (χ2n) is 4.76. The summed E-state index contributed by atoms with van der Waals surface area (Å²) in [6.07, 6.45) is 1.79. The number of hydrogen-bond donors (Lipinski definition) is 1. The quantitative estimate of drug-likeness (QED) is 0.939. The fourth-order valence-electron chi connectivity index (χ4n) is 2.35. The van der Waals surface area contributed by atoms with Crippen molar-refractivity contribution in [2.45, 2.75) is 6.54 Å². The van der Waals surface area contributed by atoms with E-state index >= 15 is 0 Å². The maximum atomic E-state index is 4.28. The topological polar surface area (TPSA) is 33.1 Å². The van der Waals surface area contributed by atoms with E-state index in [0.717, 1.165) is 43.0 Å². The number of benzene rings is 1. The molecule has 1 saturated heterocycles. The zero-order valence-electron chi connectivity index (χ0n) is 10.7. The summed E-state index contributed by atoms with van der Waals surface area (Å²) in [6.45, 7) is 5.48. The van der Waals surface area contributed by atoms with E-state index in [1.165, 1.54) is 5.56 Å². The third-order valence-electron chi connectivity index (χ3n) is 3.39. The summed E-state index contributed by atoms with van der Waals surface area (Å²) in [5.41, 5.74) is 2.44. The predicted octanol–water partition coefficient (Wildman–Crippen LogP) is 2.04. The second-order valence-corrected chi connectivity index (χ2v) is 5.57. The first-order chi connectivity index (χ1) is 9.33. The Bertz CT molecular complexity index is 529. The summed E-state index contributed by atoms with van der Waals surface area (Å²) in [4.78, 5) is 2.48. The minimum absolute atomic E-state index is 0.974. The van der Waals surface area contributed by atoms with E-state index in [1.54, 1.807) is 6.20 Å². The molecule has 5 heteroatoms. The van der Waals surface area contributed by atoms with E-state index in [-0.39, 0.29) is 0 Å². The van der Waals surface area contributed by atoms with Crippen LogP contribution in [0.3, 0.4) is 0 Å². The first-order valence-corrected chi connectivity index (χ1v) is 7.34. The van der Waals surface area contributed by atoms with Crippen LogP contribution in [0.2, 0.25) is 0 Å². The molecule has 4 nitrogen and oxygen atoms in total. The number of nitrogens with one attached hydrogen (secondary N) is 1. The smallest absolute Gasteiger partial charge is 0.109 e. The predicted molar refractivity (Wildman–Crippen MR) is 79.4 cm³/mol. The Hall–Kier alpha value is -1.17. The van der Waals surface area contributed by atoms with Gasteiger partial charge in [0.2, 0.25) is 0 Å². The van der Waals surface area contributed by atoms with Crippen LogP contribution in [0, 0.1) is 0 Å². The van der Waals surface area contributed by atoms with Gasteiger partial charge in [-0.2, -0.15) is 5.10 Å². The summed E-state index contributed by atoms with van der Waals surface area (Å²) in [5.74, 6) is 0. The zero-order valence-corrected chi connectivity index (χ0v) is 12.3. The van der Waals surface area contributed by atoms with Crippen LogP contribution in [0.25, 0.3) is 5.69 Å². The summed E-state index contributed by atoms with van der Waals surface area (Å²) in [6, 6.07) is 10.6. The summed E-state index contributed by atoms with van der Waals surface area (Å²) >= 11 is 3.49. The van der Waals surface area contributed by atoms with E-state index in [4.69, 9.17) is 0 Å². The van der Waals surface area contributed by atoms with Gasteiger partial charge in [0, 0.05) is 32.7 Å². The Morgan fingerprint density at radius 3 is 2.47 bits per heavy atom. The SMILES string of the molecule is Brc1ccnn1-c1ccc(CN2CCNCC2)cc1. The molecule has 1 fully saturated rings. The number of aromatic nitrogens is 2. The third-order valence-corrected chi connectivity index (χ3v) is 3.99. The van der Waals surface area contributed by atoms with Crippen molar-refractivity contribution < 1.29 is 0 Å². The van der Waals surface area contributed by atoms with Crippen molar-refractivity contribution in [3.63, 3.8) is 0 Å². The summed E-state index contributed by atoms with van der Waals surface area (Å²) in [7, 11) is 0. The van der Waals surface area contributed by atoms with Crippen LogP contribution in [-0.4, -0.2) is 40.9 Å². The van der Waals surface area contributed by atoms with Crippen molar-refractivity contribution in [3.8, 4) is 5.69 Å². The Balaban J connectivity index is 1.70. The largest absolute Gasteiger partial charge is 0.314 e. The molecule has 19 heavy (non-hydrogen) atoms. The van der Waals surface area contributed by atoms with Gasteiger partial charge in [-0.15, -0.1) is 0 Å². The number of nitrogens with zero attached hydrogens (tertiary/aromatic N) is 3. The highest BCUT2D eigenvalue weighted by Crippen LogP contribution is 2.16. The molecule has 1 aliphatic rings. The third kappa shape index (κ3) is 3.05. The van der Waals surface area contributed by atoms with Crippen molar-refractivity contribution in [2.75, 3.05) is 26.2 Å². The second kappa shape index (κ2) is 5.86. The Morgan fingerprint density at radius 1 is 1.11 bits per heavy atom. The molecule has 0 radical (unpaired) electrons. The highest BCUT2D eigenvalue weighted by molar-refractivity contribution is 9.10. The lowest BCUT2D eigenvalue weighted by molar-refractivity contribution is 0.233. The lowest BCUT2D eigenvalue weighted by atomic mass is 10.2. The van der Waals surface area contributed by atoms with Crippen molar-refractivity contribution in [1.82, 2.24) is 20.0 Å². The van der Waals surface area contributed by atoms with Crippen LogP contribution in [0.1, 0.15) is 5.56 Å². The maximum absolute atomic E-state index is 4.28. The number of piperazine rings is 1. The fraction of sp³-hybridized carbons (Fsp3) is 0.357. The van der Waals surface area contributed by atoms with Gasteiger partial charge in [-0.05, 0) is 39.7 Å². The van der Waals surface area contributed by atoms with Gasteiger partial charge in [-0.1, -0.05) is 12.1 Å². The molecule has 0 amide bonds. The lowest BCUT2D eigenvalue weighted by Gasteiger charge is -2.27. The molecule has 1 aromatic heterocycles. The molecule has 0 unspecified atom stereocenters. The molecule has 0 bridgehead atoms. The average molecular weight is 321 g/mol. The highest BCUT2D eigenvalue weighted by Gasteiger charge is 2.10. The molecule has 0 aliphatic carbocycles. The van der Waals surface area contributed by atoms with Gasteiger partial charge < -0.3 is 5.32 Å². The van der Waals surface area contributed by atoms with Crippen molar-refractivity contribution in [1.29, 1.82) is 0 Å². The lowest BCUT2D eigenvalue weighted by Crippen LogP contribution is -2.42. The molecule has 0 saturated carbocycles. The normalized spacial score (nSPS) is 16.7. The van der Waals surface area contributed by atoms with Gasteiger partial charge in [0.25, 0.3) is 0 Å². The van der Waals surface area contributed by atoms with Crippen LogP contribution in [0.15, 0.2) is 41.1 Å². The van der Waals surface area contributed by atoms with E-state index < -0.39 is 0 Å². The Kier molecular flexibility index (Phi) is 3.96. The first kappa shape index (κ1) is 12.8. The van der Waals surface area contributed by atoms with Crippen LogP contribution in [0.4, 0.5) is 0 Å². The van der Waals surface area contributed by atoms with Gasteiger partial charge in [-0.3, -0.25) is 4.90 Å². The molecule has 2 heterocycles. The Morgan fingerprint density at radius 2 is 1.84 bits per heavy atom. The number of halogens is 1. The number of rotatable bonds is 3. The molecular formula is C14H17BrN4. The van der Waals surface area contributed by atoms with Crippen molar-refractivity contribution in [3.05, 3.63) is 46.7 Å². The van der Waals surface area contributed by atoms with Gasteiger partial charge in [0.15, 0.2) is 0 Å². The molecular weight excluding hydrogens is 304 g/mol. The average Bonchev–Trinajstić information content (AvgIpc) is 2.87. The zero-order chi connectivity index (χ0) is 13.1. The van der Waals surface area contributed by atoms with E-state index in [1.807, 2.05) is 10.7 Å². The number of hydrogen-bond acceptors (Lipinski definition) is 3. The molecule has 0 spiro atoms.